The SMILES string of the molecule is CCC(C)(CC(C)(C)C(=O)OCC(=O)OC(C(F)(F)F)C(F)(F)F)C(=O)OC(C1CCCCC1)C(F)(F)F. The second-order valence-corrected chi connectivity index (χ2v) is 10.3. The van der Waals surface area contributed by atoms with E-state index in [-0.39, 0.29) is 19.3 Å². The highest BCUT2D eigenvalue weighted by molar-refractivity contribution is 5.82. The highest BCUT2D eigenvalue weighted by Gasteiger charge is 2.60. The molecule has 0 aromatic carbocycles. The number of carbonyl (C=O) groups is 3. The molecule has 0 bridgehead atoms. The lowest BCUT2D eigenvalue weighted by atomic mass is 9.72. The van der Waals surface area contributed by atoms with E-state index in [1.807, 2.05) is 0 Å². The highest BCUT2D eigenvalue weighted by atomic mass is 19.4. The fraction of sp³-hybridized carbons (Fsp3) is 0.870. The molecule has 1 rings (SSSR count). The van der Waals surface area contributed by atoms with Gasteiger partial charge in [-0.05, 0) is 46.5 Å². The maximum atomic E-state index is 13.7. The Kier molecular flexibility index (Phi) is 11.0. The van der Waals surface area contributed by atoms with Gasteiger partial charge in [0.05, 0.1) is 10.8 Å². The molecule has 2 atom stereocenters. The number of alkyl halides is 9. The van der Waals surface area contributed by atoms with E-state index in [9.17, 15) is 53.9 Å². The van der Waals surface area contributed by atoms with Crippen molar-refractivity contribution in [1.82, 2.24) is 0 Å². The van der Waals surface area contributed by atoms with Gasteiger partial charge in [0.1, 0.15) is 0 Å². The molecule has 1 fully saturated rings. The molecule has 1 aliphatic rings. The van der Waals surface area contributed by atoms with Gasteiger partial charge >= 0.3 is 36.4 Å². The van der Waals surface area contributed by atoms with Crippen LogP contribution in [0.4, 0.5) is 39.5 Å². The molecule has 0 radical (unpaired) electrons. The minimum atomic E-state index is -5.97. The van der Waals surface area contributed by atoms with E-state index in [0.717, 1.165) is 6.42 Å². The number of hydrogen-bond donors (Lipinski definition) is 0. The molecule has 1 aliphatic carbocycles. The maximum Gasteiger partial charge on any atom is 0.434 e. The summed E-state index contributed by atoms with van der Waals surface area (Å²) in [7, 11) is 0. The average molecular weight is 574 g/mol. The van der Waals surface area contributed by atoms with Gasteiger partial charge in [-0.15, -0.1) is 0 Å². The normalized spacial score (nSPS) is 18.5. The van der Waals surface area contributed by atoms with Crippen molar-refractivity contribution in [3.8, 4) is 0 Å². The first-order chi connectivity index (χ1) is 17.0. The number of hydrogen-bond acceptors (Lipinski definition) is 6. The monoisotopic (exact) mass is 574 g/mol. The Hall–Kier alpha value is -2.22. The summed E-state index contributed by atoms with van der Waals surface area (Å²) in [6, 6.07) is 0. The van der Waals surface area contributed by atoms with Gasteiger partial charge in [0.2, 0.25) is 0 Å². The van der Waals surface area contributed by atoms with E-state index < -0.39 is 78.4 Å². The average Bonchev–Trinajstić information content (AvgIpc) is 2.76. The molecule has 1 saturated carbocycles. The van der Waals surface area contributed by atoms with Gasteiger partial charge in [0.15, 0.2) is 12.7 Å². The minimum absolute atomic E-state index is 0.0846. The molecule has 15 heteroatoms. The molecule has 0 aromatic rings. The Labute approximate surface area is 213 Å². The molecule has 6 nitrogen and oxygen atoms in total. The van der Waals surface area contributed by atoms with Crippen molar-refractivity contribution in [3.05, 3.63) is 0 Å². The van der Waals surface area contributed by atoms with E-state index in [2.05, 4.69) is 9.47 Å². The van der Waals surface area contributed by atoms with Crippen LogP contribution < -0.4 is 0 Å². The third kappa shape index (κ3) is 9.51. The predicted molar refractivity (Wildman–Crippen MR) is 112 cm³/mol. The van der Waals surface area contributed by atoms with Gasteiger partial charge in [0.25, 0.3) is 6.10 Å². The fourth-order valence-corrected chi connectivity index (χ4v) is 4.32. The minimum Gasteiger partial charge on any atom is -0.453 e. The molecule has 0 saturated heterocycles. The second-order valence-electron chi connectivity index (χ2n) is 10.3. The standard InChI is InChI=1S/C23H31F9O6/c1-5-20(4,18(35)38-15(21(24,25)26)13-9-7-6-8-10-13)12-19(2,3)17(34)36-11-14(33)37-16(22(27,28)29)23(30,31)32/h13,15-16H,5-12H2,1-4H3. The summed E-state index contributed by atoms with van der Waals surface area (Å²) in [6.07, 6.45) is -21.8. The lowest BCUT2D eigenvalue weighted by Crippen LogP contribution is -2.46. The smallest absolute Gasteiger partial charge is 0.434 e. The Balaban J connectivity index is 2.91. The van der Waals surface area contributed by atoms with Crippen LogP contribution in [0.25, 0.3) is 0 Å². The quantitative estimate of drug-likeness (QED) is 0.170. The molecule has 0 heterocycles. The Morgan fingerprint density at radius 3 is 1.68 bits per heavy atom. The number of ether oxygens (including phenoxy) is 3. The molecule has 0 aliphatic heterocycles. The summed E-state index contributed by atoms with van der Waals surface area (Å²) >= 11 is 0. The van der Waals surface area contributed by atoms with E-state index in [1.54, 1.807) is 0 Å². The van der Waals surface area contributed by atoms with Crippen molar-refractivity contribution in [1.29, 1.82) is 0 Å². The van der Waals surface area contributed by atoms with Gasteiger partial charge in [0, 0.05) is 5.92 Å². The van der Waals surface area contributed by atoms with Crippen molar-refractivity contribution >= 4 is 17.9 Å². The van der Waals surface area contributed by atoms with Gasteiger partial charge in [-0.2, -0.15) is 39.5 Å². The van der Waals surface area contributed by atoms with E-state index in [1.165, 1.54) is 27.7 Å². The number of esters is 3. The fourth-order valence-electron chi connectivity index (χ4n) is 4.32. The lowest BCUT2D eigenvalue weighted by molar-refractivity contribution is -0.313. The molecule has 0 spiro atoms. The number of rotatable bonds is 10. The Bertz CT molecular complexity index is 815. The molecular weight excluding hydrogens is 543 g/mol. The van der Waals surface area contributed by atoms with E-state index >= 15 is 0 Å². The Morgan fingerprint density at radius 2 is 1.26 bits per heavy atom. The summed E-state index contributed by atoms with van der Waals surface area (Å²) in [5, 5.41) is 0. The van der Waals surface area contributed by atoms with Crippen LogP contribution in [0.3, 0.4) is 0 Å². The third-order valence-electron chi connectivity index (χ3n) is 6.46. The number of carbonyl (C=O) groups excluding carboxylic acids is 3. The first-order valence-electron chi connectivity index (χ1n) is 11.8. The van der Waals surface area contributed by atoms with Crippen LogP contribution in [0.2, 0.25) is 0 Å². The van der Waals surface area contributed by atoms with Crippen LogP contribution in [0.1, 0.15) is 72.6 Å². The molecular formula is C23H31F9O6. The van der Waals surface area contributed by atoms with Gasteiger partial charge in [-0.3, -0.25) is 9.59 Å². The molecule has 0 amide bonds. The van der Waals surface area contributed by atoms with Gasteiger partial charge in [-0.1, -0.05) is 26.2 Å². The summed E-state index contributed by atoms with van der Waals surface area (Å²) in [6.45, 7) is 3.47. The largest absolute Gasteiger partial charge is 0.453 e. The molecule has 38 heavy (non-hydrogen) atoms. The molecule has 2 unspecified atom stereocenters. The van der Waals surface area contributed by atoms with Crippen LogP contribution in [-0.2, 0) is 28.6 Å². The van der Waals surface area contributed by atoms with Gasteiger partial charge in [-0.25, -0.2) is 4.79 Å². The predicted octanol–water partition coefficient (Wildman–Crippen LogP) is 6.45. The van der Waals surface area contributed by atoms with Crippen molar-refractivity contribution in [3.63, 3.8) is 0 Å². The molecule has 0 aromatic heterocycles. The summed E-state index contributed by atoms with van der Waals surface area (Å²) in [5.74, 6) is -5.59. The van der Waals surface area contributed by atoms with Crippen LogP contribution in [0.5, 0.6) is 0 Å². The zero-order valence-corrected chi connectivity index (χ0v) is 21.2. The first-order valence-corrected chi connectivity index (χ1v) is 11.8. The van der Waals surface area contributed by atoms with Crippen LogP contribution >= 0.6 is 0 Å². The van der Waals surface area contributed by atoms with Crippen LogP contribution in [0.15, 0.2) is 0 Å². The van der Waals surface area contributed by atoms with E-state index in [4.69, 9.17) is 4.74 Å². The number of halogens is 9. The molecule has 0 N–H and O–H groups in total. The highest BCUT2D eigenvalue weighted by Crippen LogP contribution is 2.42. The van der Waals surface area contributed by atoms with E-state index in [0.29, 0.717) is 12.8 Å². The summed E-state index contributed by atoms with van der Waals surface area (Å²) in [4.78, 5) is 36.9. The molecule has 222 valence electrons. The first kappa shape index (κ1) is 33.8. The van der Waals surface area contributed by atoms with Crippen molar-refractivity contribution in [2.75, 3.05) is 6.61 Å². The summed E-state index contributed by atoms with van der Waals surface area (Å²) < 4.78 is 129. The van der Waals surface area contributed by atoms with Crippen LogP contribution in [-0.4, -0.2) is 55.3 Å². The van der Waals surface area contributed by atoms with Gasteiger partial charge < -0.3 is 14.2 Å². The maximum absolute atomic E-state index is 13.7. The van der Waals surface area contributed by atoms with Crippen molar-refractivity contribution in [2.45, 2.75) is 103 Å². The van der Waals surface area contributed by atoms with Crippen molar-refractivity contribution < 1.29 is 68.1 Å². The third-order valence-corrected chi connectivity index (χ3v) is 6.46. The van der Waals surface area contributed by atoms with Crippen LogP contribution in [0, 0.1) is 16.7 Å². The second kappa shape index (κ2) is 12.3. The topological polar surface area (TPSA) is 78.9 Å². The zero-order valence-electron chi connectivity index (χ0n) is 21.2. The van der Waals surface area contributed by atoms with Crippen molar-refractivity contribution in [2.24, 2.45) is 16.7 Å². The Morgan fingerprint density at radius 1 is 0.763 bits per heavy atom. The zero-order chi connectivity index (χ0) is 29.7. The lowest BCUT2D eigenvalue weighted by Gasteiger charge is -2.37. The summed E-state index contributed by atoms with van der Waals surface area (Å²) in [5.41, 5.74) is -3.37.